The van der Waals surface area contributed by atoms with Crippen LogP contribution in [-0.2, 0) is 5.21 Å². The number of aromatic nitrogens is 2. The van der Waals surface area contributed by atoms with E-state index in [0.717, 1.165) is 33.8 Å². The summed E-state index contributed by atoms with van der Waals surface area (Å²) in [6.07, 6.45) is 0. The van der Waals surface area contributed by atoms with Gasteiger partial charge in [-0.25, -0.2) is 0 Å². The van der Waals surface area contributed by atoms with Gasteiger partial charge < -0.3 is 0 Å². The molecule has 1 heterocycles. The Morgan fingerprint density at radius 2 is 1.76 bits per heavy atom. The third-order valence-corrected chi connectivity index (χ3v) is 6.62. The zero-order valence-corrected chi connectivity index (χ0v) is 16.4. The topological polar surface area (TPSA) is 40.8 Å². The first-order valence-corrected chi connectivity index (χ1v) is 11.3. The molecule has 0 aliphatic heterocycles. The molecule has 1 aromatic heterocycles. The molecular formula is C20H18AsN2OS. The zero-order valence-electron chi connectivity index (χ0n) is 13.7. The molecule has 0 aliphatic carbocycles. The van der Waals surface area contributed by atoms with Gasteiger partial charge in [0.25, 0.3) is 0 Å². The van der Waals surface area contributed by atoms with Crippen molar-refractivity contribution >= 4 is 49.8 Å². The molecule has 4 aromatic rings. The second kappa shape index (κ2) is 7.47. The molecule has 3 aromatic carbocycles. The molecule has 0 saturated heterocycles. The minimum atomic E-state index is 0.223. The fraction of sp³-hybridized carbons (Fsp3) is 0.150. The van der Waals surface area contributed by atoms with E-state index in [1.165, 1.54) is 16.3 Å². The van der Waals surface area contributed by atoms with Crippen LogP contribution in [0, 0.1) is 4.77 Å². The summed E-state index contributed by atoms with van der Waals surface area (Å²) in [7, 11) is 0. The number of imidazole rings is 1. The summed E-state index contributed by atoms with van der Waals surface area (Å²) >= 11 is 5.38. The molecule has 3 nitrogen and oxygen atoms in total. The molecule has 2 N–H and O–H groups in total. The molecule has 1 radical (unpaired) electrons. The number of fused-ring (bicyclic) bond motifs is 2. The van der Waals surface area contributed by atoms with Gasteiger partial charge in [0.2, 0.25) is 0 Å². The zero-order chi connectivity index (χ0) is 17.1. The van der Waals surface area contributed by atoms with Crippen LogP contribution in [-0.4, -0.2) is 32.3 Å². The first-order valence-electron chi connectivity index (χ1n) is 8.25. The van der Waals surface area contributed by atoms with E-state index in [-0.39, 0.29) is 15.8 Å². The normalized spacial score (nSPS) is 11.7. The summed E-state index contributed by atoms with van der Waals surface area (Å²) in [5.41, 5.74) is 3.40. The van der Waals surface area contributed by atoms with Gasteiger partial charge in [-0.1, -0.05) is 0 Å². The number of H-pyrrole nitrogens is 2. The Bertz CT molecular complexity index is 1060. The van der Waals surface area contributed by atoms with Gasteiger partial charge in [-0.15, -0.1) is 0 Å². The Morgan fingerprint density at radius 3 is 2.72 bits per heavy atom. The molecule has 0 saturated carbocycles. The molecule has 125 valence electrons. The van der Waals surface area contributed by atoms with Gasteiger partial charge in [0, 0.05) is 0 Å². The predicted octanol–water partition coefficient (Wildman–Crippen LogP) is 5.08. The van der Waals surface area contributed by atoms with Gasteiger partial charge in [0.15, 0.2) is 0 Å². The number of aromatic amines is 2. The fourth-order valence-electron chi connectivity index (χ4n) is 3.00. The molecular weight excluding hydrogens is 391 g/mol. The van der Waals surface area contributed by atoms with E-state index in [2.05, 4.69) is 52.4 Å². The second-order valence-corrected chi connectivity index (χ2v) is 8.80. The SMILES string of the molecule is S=c1[nH]c2cccc(OCC[As]Cc3cccc4ccccc34)c2[nH]1. The summed E-state index contributed by atoms with van der Waals surface area (Å²) in [4.78, 5) is 6.28. The number of benzene rings is 3. The molecule has 0 fully saturated rings. The summed E-state index contributed by atoms with van der Waals surface area (Å²) < 4.78 is 6.62. The van der Waals surface area contributed by atoms with Crippen molar-refractivity contribution in [2.75, 3.05) is 6.61 Å². The van der Waals surface area contributed by atoms with Gasteiger partial charge in [-0.05, 0) is 0 Å². The molecule has 0 bridgehead atoms. The van der Waals surface area contributed by atoms with Gasteiger partial charge >= 0.3 is 158 Å². The monoisotopic (exact) mass is 409 g/mol. The second-order valence-electron chi connectivity index (χ2n) is 5.85. The third-order valence-electron chi connectivity index (χ3n) is 4.18. The van der Waals surface area contributed by atoms with E-state index in [4.69, 9.17) is 17.0 Å². The number of rotatable bonds is 6. The Morgan fingerprint density at radius 1 is 0.920 bits per heavy atom. The molecule has 0 unspecified atom stereocenters. The van der Waals surface area contributed by atoms with Crippen LogP contribution in [0.5, 0.6) is 5.75 Å². The Balaban J connectivity index is 1.36. The summed E-state index contributed by atoms with van der Waals surface area (Å²) in [5, 5.41) is 4.98. The van der Waals surface area contributed by atoms with Crippen molar-refractivity contribution in [3.63, 3.8) is 0 Å². The summed E-state index contributed by atoms with van der Waals surface area (Å²) in [6.45, 7) is 0.746. The van der Waals surface area contributed by atoms with Crippen molar-refractivity contribution in [3.8, 4) is 5.75 Å². The average Bonchev–Trinajstić information content (AvgIpc) is 3.02. The Kier molecular flexibility index (Phi) is 4.91. The van der Waals surface area contributed by atoms with Gasteiger partial charge in [0.05, 0.1) is 0 Å². The van der Waals surface area contributed by atoms with Crippen molar-refractivity contribution in [2.24, 2.45) is 0 Å². The van der Waals surface area contributed by atoms with Crippen molar-refractivity contribution < 1.29 is 4.74 Å². The molecule has 4 rings (SSSR count). The van der Waals surface area contributed by atoms with Crippen LogP contribution in [0.3, 0.4) is 0 Å². The van der Waals surface area contributed by atoms with Crippen molar-refractivity contribution in [2.45, 2.75) is 10.4 Å². The number of para-hydroxylation sites is 1. The molecule has 0 spiro atoms. The maximum atomic E-state index is 5.98. The van der Waals surface area contributed by atoms with Crippen molar-refractivity contribution in [3.05, 3.63) is 71.0 Å². The van der Waals surface area contributed by atoms with Gasteiger partial charge in [-0.3, -0.25) is 0 Å². The predicted molar refractivity (Wildman–Crippen MR) is 107 cm³/mol. The quantitative estimate of drug-likeness (QED) is 0.265. The van der Waals surface area contributed by atoms with Crippen LogP contribution in [0.15, 0.2) is 60.7 Å². The Labute approximate surface area is 158 Å². The maximum absolute atomic E-state index is 5.98. The standard InChI is InChI=1S/C20H18AsN2OS/c25-20-22-17-9-4-10-18(19(17)23-20)24-12-11-21-13-15-7-3-6-14-5-1-2-8-16(14)15/h1-10H,11-13H2,(H2,22,23,25). The molecule has 25 heavy (non-hydrogen) atoms. The number of ether oxygens (including phenoxy) is 1. The number of hydrogen-bond donors (Lipinski definition) is 2. The van der Waals surface area contributed by atoms with E-state index in [1.54, 1.807) is 0 Å². The van der Waals surface area contributed by atoms with E-state index in [9.17, 15) is 0 Å². The third kappa shape index (κ3) is 3.65. The van der Waals surface area contributed by atoms with Crippen molar-refractivity contribution in [1.29, 1.82) is 0 Å². The molecule has 0 atom stereocenters. The summed E-state index contributed by atoms with van der Waals surface area (Å²) in [5.74, 6) is 0.871. The van der Waals surface area contributed by atoms with Crippen LogP contribution in [0.4, 0.5) is 0 Å². The number of nitrogens with one attached hydrogen (secondary N) is 2. The molecule has 0 aliphatic rings. The average molecular weight is 409 g/mol. The van der Waals surface area contributed by atoms with Crippen molar-refractivity contribution in [1.82, 2.24) is 9.97 Å². The molecule has 5 heteroatoms. The van der Waals surface area contributed by atoms with E-state index in [1.807, 2.05) is 18.2 Å². The van der Waals surface area contributed by atoms with Crippen LogP contribution < -0.4 is 4.74 Å². The fourth-order valence-corrected chi connectivity index (χ4v) is 5.09. The Hall–Kier alpha value is -2.03. The van der Waals surface area contributed by atoms with Crippen LogP contribution in [0.25, 0.3) is 21.8 Å². The summed E-state index contributed by atoms with van der Waals surface area (Å²) in [6, 6.07) is 21.2. The van der Waals surface area contributed by atoms with Gasteiger partial charge in [-0.2, -0.15) is 0 Å². The number of hydrogen-bond acceptors (Lipinski definition) is 2. The van der Waals surface area contributed by atoms with E-state index < -0.39 is 0 Å². The minimum absolute atomic E-state index is 0.223. The van der Waals surface area contributed by atoms with Gasteiger partial charge in [0.1, 0.15) is 0 Å². The van der Waals surface area contributed by atoms with Crippen LogP contribution in [0.1, 0.15) is 5.56 Å². The van der Waals surface area contributed by atoms with E-state index in [0.29, 0.717) is 4.77 Å². The van der Waals surface area contributed by atoms with Crippen LogP contribution in [0.2, 0.25) is 5.21 Å². The van der Waals surface area contributed by atoms with E-state index >= 15 is 0 Å². The molecule has 0 amide bonds. The first-order chi connectivity index (χ1) is 12.3. The first kappa shape index (κ1) is 16.4. The van der Waals surface area contributed by atoms with Crippen LogP contribution >= 0.6 is 12.2 Å².